The van der Waals surface area contributed by atoms with E-state index in [2.05, 4.69) is 24.3 Å². The molecule has 2 fully saturated rings. The van der Waals surface area contributed by atoms with Gasteiger partial charge in [0.1, 0.15) is 17.8 Å². The van der Waals surface area contributed by atoms with Gasteiger partial charge in [0, 0.05) is 19.0 Å². The Kier molecular flexibility index (Phi) is 5.56. The highest BCUT2D eigenvalue weighted by molar-refractivity contribution is 5.79. The van der Waals surface area contributed by atoms with Gasteiger partial charge in [-0.2, -0.15) is 0 Å². The van der Waals surface area contributed by atoms with Crippen molar-refractivity contribution < 1.29 is 29.3 Å². The number of aliphatic hydroxyl groups is 2. The van der Waals surface area contributed by atoms with Crippen LogP contribution in [0.1, 0.15) is 37.8 Å². The van der Waals surface area contributed by atoms with Crippen LogP contribution < -0.4 is 0 Å². The molecule has 0 unspecified atom stereocenters. The standard InChI is InChI=1S/C27H32N2O6/c1-25(2,3)35-24(32)28-13-26(14-28,17-30)27(33)15-29(16-27)23(31)34-12-22-20-10-6-4-8-18(20)19-9-5-7-11-21(19)22/h4-11,22,30,33H,12-17H2,1-3H3. The number of rotatable bonds is 4. The molecule has 8 nitrogen and oxygen atoms in total. The summed E-state index contributed by atoms with van der Waals surface area (Å²) in [5.41, 5.74) is 1.80. The van der Waals surface area contributed by atoms with E-state index in [4.69, 9.17) is 9.47 Å². The molecule has 2 aliphatic heterocycles. The number of ether oxygens (including phenoxy) is 2. The summed E-state index contributed by atoms with van der Waals surface area (Å²) in [4.78, 5) is 28.0. The summed E-state index contributed by atoms with van der Waals surface area (Å²) in [5.74, 6) is -0.0377. The zero-order chi connectivity index (χ0) is 25.0. The largest absolute Gasteiger partial charge is 0.448 e. The summed E-state index contributed by atoms with van der Waals surface area (Å²) >= 11 is 0. The molecule has 2 saturated heterocycles. The van der Waals surface area contributed by atoms with Crippen LogP contribution in [0.4, 0.5) is 9.59 Å². The molecular formula is C27H32N2O6. The van der Waals surface area contributed by atoms with Gasteiger partial charge in [-0.3, -0.25) is 0 Å². The van der Waals surface area contributed by atoms with Crippen molar-refractivity contribution in [3.63, 3.8) is 0 Å². The Morgan fingerprint density at radius 2 is 1.43 bits per heavy atom. The molecule has 0 aromatic heterocycles. The number of β-amino-alcohol motifs (C(OH)–C–C–N with tert-alkyl or cyclic N) is 1. The van der Waals surface area contributed by atoms with E-state index >= 15 is 0 Å². The second-order valence-corrected chi connectivity index (χ2v) is 11.0. The number of hydrogen-bond acceptors (Lipinski definition) is 6. The minimum atomic E-state index is -1.29. The maximum absolute atomic E-state index is 12.8. The average Bonchev–Trinajstić information content (AvgIpc) is 3.08. The summed E-state index contributed by atoms with van der Waals surface area (Å²) < 4.78 is 11.1. The fraction of sp³-hybridized carbons (Fsp3) is 0.481. The molecule has 0 radical (unpaired) electrons. The van der Waals surface area contributed by atoms with E-state index < -0.39 is 28.8 Å². The van der Waals surface area contributed by atoms with Crippen molar-refractivity contribution in [1.29, 1.82) is 0 Å². The molecule has 0 spiro atoms. The Hall–Kier alpha value is -3.10. The molecular weight excluding hydrogens is 448 g/mol. The van der Waals surface area contributed by atoms with Crippen LogP contribution in [0.2, 0.25) is 0 Å². The lowest BCUT2D eigenvalue weighted by Crippen LogP contribution is -2.80. The van der Waals surface area contributed by atoms with E-state index in [1.165, 1.54) is 9.80 Å². The average molecular weight is 481 g/mol. The normalized spacial score (nSPS) is 19.8. The van der Waals surface area contributed by atoms with Crippen molar-refractivity contribution >= 4 is 12.2 Å². The summed E-state index contributed by atoms with van der Waals surface area (Å²) in [6.07, 6.45) is -0.967. The Bertz CT molecular complexity index is 1100. The third-order valence-electron chi connectivity index (χ3n) is 7.43. The molecule has 0 saturated carbocycles. The van der Waals surface area contributed by atoms with Crippen LogP contribution in [-0.4, -0.2) is 82.8 Å². The topological polar surface area (TPSA) is 99.5 Å². The Labute approximate surface area is 205 Å². The first-order valence-corrected chi connectivity index (χ1v) is 12.0. The van der Waals surface area contributed by atoms with E-state index in [0.29, 0.717) is 0 Å². The molecule has 2 aromatic rings. The highest BCUT2D eigenvalue weighted by Crippen LogP contribution is 2.47. The van der Waals surface area contributed by atoms with Crippen LogP contribution >= 0.6 is 0 Å². The number of carbonyl (C=O) groups is 2. The van der Waals surface area contributed by atoms with Crippen molar-refractivity contribution in [3.8, 4) is 11.1 Å². The van der Waals surface area contributed by atoms with Gasteiger partial charge in [0.15, 0.2) is 0 Å². The summed E-state index contributed by atoms with van der Waals surface area (Å²) in [5, 5.41) is 21.2. The van der Waals surface area contributed by atoms with Gasteiger partial charge in [0.2, 0.25) is 0 Å². The molecule has 3 aliphatic rings. The van der Waals surface area contributed by atoms with Gasteiger partial charge in [-0.15, -0.1) is 0 Å². The maximum atomic E-state index is 12.8. The lowest BCUT2D eigenvalue weighted by molar-refractivity contribution is -0.226. The van der Waals surface area contributed by atoms with Crippen molar-refractivity contribution in [2.45, 2.75) is 37.9 Å². The fourth-order valence-corrected chi connectivity index (χ4v) is 5.42. The van der Waals surface area contributed by atoms with Crippen LogP contribution in [-0.2, 0) is 9.47 Å². The summed E-state index contributed by atoms with van der Waals surface area (Å²) in [7, 11) is 0. The van der Waals surface area contributed by atoms with Gasteiger partial charge in [0.25, 0.3) is 0 Å². The molecule has 0 bridgehead atoms. The van der Waals surface area contributed by atoms with E-state index in [-0.39, 0.29) is 45.3 Å². The number of carbonyl (C=O) groups excluding carboxylic acids is 2. The lowest BCUT2D eigenvalue weighted by atomic mass is 9.63. The second-order valence-electron chi connectivity index (χ2n) is 11.0. The Morgan fingerprint density at radius 3 is 1.94 bits per heavy atom. The van der Waals surface area contributed by atoms with E-state index in [1.807, 2.05) is 24.3 Å². The molecule has 1 aliphatic carbocycles. The fourth-order valence-electron chi connectivity index (χ4n) is 5.42. The van der Waals surface area contributed by atoms with Gasteiger partial charge >= 0.3 is 12.2 Å². The van der Waals surface area contributed by atoms with E-state index in [0.717, 1.165) is 22.3 Å². The number of likely N-dealkylation sites (tertiary alicyclic amines) is 2. The predicted octanol–water partition coefficient (Wildman–Crippen LogP) is 3.21. The van der Waals surface area contributed by atoms with Crippen LogP contribution in [0.5, 0.6) is 0 Å². The smallest absolute Gasteiger partial charge is 0.410 e. The molecule has 2 aromatic carbocycles. The number of benzene rings is 2. The third kappa shape index (κ3) is 3.94. The SMILES string of the molecule is CC(C)(C)OC(=O)N1CC(CO)(C2(O)CN(C(=O)OCC3c4ccccc4-c4ccccc43)C2)C1. The van der Waals surface area contributed by atoms with Crippen LogP contribution in [0.25, 0.3) is 11.1 Å². The third-order valence-corrected chi connectivity index (χ3v) is 7.43. The zero-order valence-corrected chi connectivity index (χ0v) is 20.4. The number of hydrogen-bond donors (Lipinski definition) is 2. The number of aliphatic hydroxyl groups excluding tert-OH is 1. The van der Waals surface area contributed by atoms with Gasteiger partial charge in [-0.1, -0.05) is 48.5 Å². The van der Waals surface area contributed by atoms with Crippen molar-refractivity contribution in [2.75, 3.05) is 39.4 Å². The molecule has 8 heteroatoms. The van der Waals surface area contributed by atoms with Crippen molar-refractivity contribution in [2.24, 2.45) is 5.41 Å². The molecule has 186 valence electrons. The van der Waals surface area contributed by atoms with Crippen LogP contribution in [0.15, 0.2) is 48.5 Å². The molecule has 2 amide bonds. The van der Waals surface area contributed by atoms with E-state index in [9.17, 15) is 19.8 Å². The predicted molar refractivity (Wildman–Crippen MR) is 129 cm³/mol. The first-order valence-electron chi connectivity index (χ1n) is 12.0. The van der Waals surface area contributed by atoms with Crippen LogP contribution in [0.3, 0.4) is 0 Å². The molecule has 2 heterocycles. The molecule has 5 rings (SSSR count). The van der Waals surface area contributed by atoms with Crippen molar-refractivity contribution in [3.05, 3.63) is 59.7 Å². The minimum absolute atomic E-state index is 0.0377. The first-order chi connectivity index (χ1) is 16.6. The number of fused-ring (bicyclic) bond motifs is 3. The minimum Gasteiger partial charge on any atom is -0.448 e. The Balaban J connectivity index is 1.18. The second kappa shape index (κ2) is 8.24. The Morgan fingerprint density at radius 1 is 0.914 bits per heavy atom. The maximum Gasteiger partial charge on any atom is 0.410 e. The first kappa shape index (κ1) is 23.6. The highest BCUT2D eigenvalue weighted by atomic mass is 16.6. The van der Waals surface area contributed by atoms with Gasteiger partial charge in [0.05, 0.1) is 25.1 Å². The monoisotopic (exact) mass is 480 g/mol. The number of nitrogens with zero attached hydrogens (tertiary/aromatic N) is 2. The lowest BCUT2D eigenvalue weighted by Gasteiger charge is -2.62. The quantitative estimate of drug-likeness (QED) is 0.697. The summed E-state index contributed by atoms with van der Waals surface area (Å²) in [6, 6.07) is 16.3. The van der Waals surface area contributed by atoms with Gasteiger partial charge in [-0.25, -0.2) is 9.59 Å². The zero-order valence-electron chi connectivity index (χ0n) is 20.4. The summed E-state index contributed by atoms with van der Waals surface area (Å²) in [6.45, 7) is 5.72. The number of amides is 2. The van der Waals surface area contributed by atoms with Crippen molar-refractivity contribution in [1.82, 2.24) is 9.80 Å². The molecule has 2 N–H and O–H groups in total. The molecule has 0 atom stereocenters. The highest BCUT2D eigenvalue weighted by Gasteiger charge is 2.64. The van der Waals surface area contributed by atoms with Gasteiger partial charge in [-0.05, 0) is 43.0 Å². The van der Waals surface area contributed by atoms with E-state index in [1.54, 1.807) is 20.8 Å². The van der Waals surface area contributed by atoms with Gasteiger partial charge < -0.3 is 29.5 Å². The van der Waals surface area contributed by atoms with Crippen LogP contribution in [0, 0.1) is 5.41 Å². The molecule has 35 heavy (non-hydrogen) atoms.